The van der Waals surface area contributed by atoms with Gasteiger partial charge in [-0.15, -0.1) is 0 Å². The van der Waals surface area contributed by atoms with Crippen LogP contribution < -0.4 is 0 Å². The van der Waals surface area contributed by atoms with E-state index in [4.69, 9.17) is 15.6 Å². The molecule has 74 valence electrons. The molecule has 2 N–H and O–H groups in total. The molecule has 0 bridgehead atoms. The summed E-state index contributed by atoms with van der Waals surface area (Å²) in [6, 6.07) is 0. The lowest BCUT2D eigenvalue weighted by Crippen LogP contribution is -2.10. The van der Waals surface area contributed by atoms with E-state index in [9.17, 15) is 0 Å². The van der Waals surface area contributed by atoms with E-state index in [0.29, 0.717) is 12.8 Å². The van der Waals surface area contributed by atoms with Crippen LogP contribution in [0.4, 0.5) is 0 Å². The van der Waals surface area contributed by atoms with Crippen LogP contribution in [0.5, 0.6) is 0 Å². The van der Waals surface area contributed by atoms with Gasteiger partial charge in [-0.05, 0) is 13.3 Å². The van der Waals surface area contributed by atoms with Crippen molar-refractivity contribution in [1.29, 1.82) is 10.8 Å². The average Bonchev–Trinajstić information content (AvgIpc) is 1.98. The maximum Gasteiger partial charge on any atom is 0.193 e. The normalized spacial score (nSPS) is 9.38. The Hall–Kier alpha value is -1.12. The fourth-order valence-electron chi connectivity index (χ4n) is 0.847. The number of nitrogens with one attached hydrogen (secondary N) is 2. The number of unbranched alkanes of at least 4 members (excludes halogenated alkanes) is 1. The third kappa shape index (κ3) is 7.25. The van der Waals surface area contributed by atoms with Crippen LogP contribution in [0.15, 0.2) is 12.2 Å². The first-order valence-electron chi connectivity index (χ1n) is 4.53. The van der Waals surface area contributed by atoms with Gasteiger partial charge in [-0.1, -0.05) is 25.5 Å². The third-order valence-corrected chi connectivity index (χ3v) is 1.47. The minimum absolute atomic E-state index is 0.119. The second-order valence-electron chi connectivity index (χ2n) is 3.19. The topological polar surface area (TPSA) is 56.9 Å². The van der Waals surface area contributed by atoms with Crippen molar-refractivity contribution in [2.24, 2.45) is 0 Å². The summed E-state index contributed by atoms with van der Waals surface area (Å²) in [7, 11) is 0. The van der Waals surface area contributed by atoms with Gasteiger partial charge in [0.1, 0.15) is 0 Å². The molecule has 0 aliphatic carbocycles. The molecule has 0 amide bonds. The van der Waals surface area contributed by atoms with E-state index in [1.54, 1.807) is 0 Å². The van der Waals surface area contributed by atoms with Crippen LogP contribution in [0, 0.1) is 10.8 Å². The molecular weight excluding hydrogens is 164 g/mol. The third-order valence-electron chi connectivity index (χ3n) is 1.47. The van der Waals surface area contributed by atoms with Crippen molar-refractivity contribution in [1.82, 2.24) is 0 Å². The van der Waals surface area contributed by atoms with Crippen LogP contribution in [0.3, 0.4) is 0 Å². The van der Waals surface area contributed by atoms with Gasteiger partial charge in [-0.2, -0.15) is 0 Å². The van der Waals surface area contributed by atoms with Crippen molar-refractivity contribution in [2.45, 2.75) is 39.5 Å². The first kappa shape index (κ1) is 11.9. The van der Waals surface area contributed by atoms with Gasteiger partial charge in [0.15, 0.2) is 11.8 Å². The Kier molecular flexibility index (Phi) is 5.85. The molecule has 0 aromatic rings. The second-order valence-corrected chi connectivity index (χ2v) is 3.19. The van der Waals surface area contributed by atoms with Crippen molar-refractivity contribution in [2.75, 3.05) is 0 Å². The summed E-state index contributed by atoms with van der Waals surface area (Å²) in [5.74, 6) is 0.307. The molecule has 0 aliphatic rings. The lowest BCUT2D eigenvalue weighted by Gasteiger charge is -2.06. The van der Waals surface area contributed by atoms with E-state index in [1.807, 2.05) is 6.92 Å². The van der Waals surface area contributed by atoms with Crippen LogP contribution in [0.2, 0.25) is 0 Å². The summed E-state index contributed by atoms with van der Waals surface area (Å²) < 4.78 is 4.97. The molecule has 0 fully saturated rings. The minimum Gasteiger partial charge on any atom is -0.429 e. The van der Waals surface area contributed by atoms with E-state index in [2.05, 4.69) is 13.5 Å². The number of ether oxygens (including phenoxy) is 1. The molecule has 0 rings (SSSR count). The van der Waals surface area contributed by atoms with Gasteiger partial charge in [0.25, 0.3) is 0 Å². The van der Waals surface area contributed by atoms with Crippen molar-refractivity contribution in [3.63, 3.8) is 0 Å². The molecule has 13 heavy (non-hydrogen) atoms. The Morgan fingerprint density at radius 3 is 2.38 bits per heavy atom. The molecule has 0 spiro atoms. The molecule has 0 saturated carbocycles. The zero-order chi connectivity index (χ0) is 10.3. The largest absolute Gasteiger partial charge is 0.429 e. The Balaban J connectivity index is 3.65. The molecule has 0 radical (unpaired) electrons. The van der Waals surface area contributed by atoms with E-state index >= 15 is 0 Å². The molecule has 3 heteroatoms. The highest BCUT2D eigenvalue weighted by molar-refractivity contribution is 5.89. The number of hydrogen-bond donors (Lipinski definition) is 2. The van der Waals surface area contributed by atoms with Crippen LogP contribution in [-0.2, 0) is 4.74 Å². The zero-order valence-electron chi connectivity index (χ0n) is 8.44. The molecule has 0 aliphatic heterocycles. The molecule has 0 saturated heterocycles. The number of hydrogen-bond acceptors (Lipinski definition) is 3. The van der Waals surface area contributed by atoms with Gasteiger partial charge >= 0.3 is 0 Å². The summed E-state index contributed by atoms with van der Waals surface area (Å²) in [5, 5.41) is 14.7. The fraction of sp³-hybridized carbons (Fsp3) is 0.600. The van der Waals surface area contributed by atoms with Crippen molar-refractivity contribution < 1.29 is 4.74 Å². The van der Waals surface area contributed by atoms with Crippen LogP contribution >= 0.6 is 0 Å². The Labute approximate surface area is 79.8 Å². The van der Waals surface area contributed by atoms with Gasteiger partial charge in [-0.25, -0.2) is 0 Å². The molecular formula is C10H18N2O. The molecule has 0 unspecified atom stereocenters. The monoisotopic (exact) mass is 182 g/mol. The maximum absolute atomic E-state index is 7.37. The van der Waals surface area contributed by atoms with Crippen molar-refractivity contribution in [3.8, 4) is 0 Å². The molecule has 0 aromatic heterocycles. The standard InChI is InChI=1S/C10H18N2O/c1-4-5-6-9(11)13-10(12)7-8(2)3/h11-12H,2,4-7H2,1,3H3. The first-order chi connectivity index (χ1) is 6.06. The summed E-state index contributed by atoms with van der Waals surface area (Å²) in [5.41, 5.74) is 0.883. The van der Waals surface area contributed by atoms with Gasteiger partial charge in [0.2, 0.25) is 0 Å². The van der Waals surface area contributed by atoms with E-state index < -0.39 is 0 Å². The highest BCUT2D eigenvalue weighted by atomic mass is 16.5. The maximum atomic E-state index is 7.37. The van der Waals surface area contributed by atoms with Crippen LogP contribution in [-0.4, -0.2) is 11.8 Å². The average molecular weight is 182 g/mol. The van der Waals surface area contributed by atoms with Gasteiger partial charge in [-0.3, -0.25) is 10.8 Å². The van der Waals surface area contributed by atoms with Gasteiger partial charge in [0.05, 0.1) is 0 Å². The predicted molar refractivity (Wildman–Crippen MR) is 55.5 cm³/mol. The Morgan fingerprint density at radius 1 is 1.31 bits per heavy atom. The van der Waals surface area contributed by atoms with E-state index in [1.165, 1.54) is 0 Å². The smallest absolute Gasteiger partial charge is 0.193 e. The van der Waals surface area contributed by atoms with Crippen molar-refractivity contribution >= 4 is 11.8 Å². The van der Waals surface area contributed by atoms with E-state index in [0.717, 1.165) is 18.4 Å². The highest BCUT2D eigenvalue weighted by Gasteiger charge is 2.02. The summed E-state index contributed by atoms with van der Waals surface area (Å²) >= 11 is 0. The second kappa shape index (κ2) is 6.40. The molecule has 0 atom stereocenters. The minimum atomic E-state index is 0.119. The summed E-state index contributed by atoms with van der Waals surface area (Å²) in [6.07, 6.45) is 3.03. The number of rotatable bonds is 5. The SMILES string of the molecule is C=C(C)CC(=N)OC(=N)CCCC. The molecule has 0 aromatic carbocycles. The van der Waals surface area contributed by atoms with Crippen molar-refractivity contribution in [3.05, 3.63) is 12.2 Å². The summed E-state index contributed by atoms with van der Waals surface area (Å²) in [6.45, 7) is 7.58. The summed E-state index contributed by atoms with van der Waals surface area (Å²) in [4.78, 5) is 0. The van der Waals surface area contributed by atoms with E-state index in [-0.39, 0.29) is 11.8 Å². The Bertz CT molecular complexity index is 209. The Morgan fingerprint density at radius 2 is 1.92 bits per heavy atom. The van der Waals surface area contributed by atoms with Crippen LogP contribution in [0.1, 0.15) is 39.5 Å². The first-order valence-corrected chi connectivity index (χ1v) is 4.53. The van der Waals surface area contributed by atoms with Gasteiger partial charge in [0, 0.05) is 12.8 Å². The molecule has 0 heterocycles. The van der Waals surface area contributed by atoms with Crippen LogP contribution in [0.25, 0.3) is 0 Å². The fourth-order valence-corrected chi connectivity index (χ4v) is 0.847. The zero-order valence-corrected chi connectivity index (χ0v) is 8.44. The molecule has 3 nitrogen and oxygen atoms in total. The van der Waals surface area contributed by atoms with Gasteiger partial charge < -0.3 is 4.74 Å². The quantitative estimate of drug-likeness (QED) is 0.383. The highest BCUT2D eigenvalue weighted by Crippen LogP contribution is 2.02. The lowest BCUT2D eigenvalue weighted by atomic mass is 10.2. The lowest BCUT2D eigenvalue weighted by molar-refractivity contribution is 0.498. The predicted octanol–water partition coefficient (Wildman–Crippen LogP) is 3.11.